The van der Waals surface area contributed by atoms with Gasteiger partial charge in [-0.2, -0.15) is 5.10 Å². The molecule has 0 amide bonds. The molecule has 0 spiro atoms. The fourth-order valence-electron chi connectivity index (χ4n) is 1.21. The van der Waals surface area contributed by atoms with Gasteiger partial charge in [-0.3, -0.25) is 5.10 Å². The molecule has 0 aliphatic carbocycles. The number of aromatic nitrogens is 2. The van der Waals surface area contributed by atoms with E-state index >= 15 is 0 Å². The second-order valence-corrected chi connectivity index (χ2v) is 4.38. The van der Waals surface area contributed by atoms with Crippen LogP contribution in [-0.2, 0) is 0 Å². The summed E-state index contributed by atoms with van der Waals surface area (Å²) >= 11 is 23.8. The molecule has 0 fully saturated rings. The molecule has 0 bridgehead atoms. The molecule has 78 valence electrons. The van der Waals surface area contributed by atoms with E-state index in [1.807, 2.05) is 0 Å². The lowest BCUT2D eigenvalue weighted by Gasteiger charge is -2.07. The van der Waals surface area contributed by atoms with Gasteiger partial charge in [-0.05, 0) is 12.1 Å². The molecule has 6 heteroatoms. The van der Waals surface area contributed by atoms with Crippen molar-refractivity contribution < 1.29 is 0 Å². The van der Waals surface area contributed by atoms with E-state index in [1.54, 1.807) is 18.3 Å². The maximum Gasteiger partial charge on any atom is 0.0786 e. The van der Waals surface area contributed by atoms with Gasteiger partial charge in [0.15, 0.2) is 0 Å². The summed E-state index contributed by atoms with van der Waals surface area (Å²) in [6.45, 7) is 0. The fraction of sp³-hybridized carbons (Fsp3) is 0. The van der Waals surface area contributed by atoms with Crippen molar-refractivity contribution >= 4 is 46.4 Å². The van der Waals surface area contributed by atoms with Crippen LogP contribution in [0, 0.1) is 0 Å². The Labute approximate surface area is 106 Å². The Balaban J connectivity index is 2.72. The lowest BCUT2D eigenvalue weighted by Crippen LogP contribution is -1.84. The van der Waals surface area contributed by atoms with E-state index in [4.69, 9.17) is 46.4 Å². The molecule has 1 aromatic carbocycles. The van der Waals surface area contributed by atoms with E-state index in [2.05, 4.69) is 10.2 Å². The zero-order valence-corrected chi connectivity index (χ0v) is 10.2. The molecule has 0 aliphatic heterocycles. The number of rotatable bonds is 1. The van der Waals surface area contributed by atoms with E-state index in [-0.39, 0.29) is 5.02 Å². The first-order valence-corrected chi connectivity index (χ1v) is 5.45. The monoisotopic (exact) mass is 280 g/mol. The molecule has 1 aromatic heterocycles. The van der Waals surface area contributed by atoms with Gasteiger partial charge in [0.05, 0.1) is 25.8 Å². The molecular weight excluding hydrogens is 278 g/mol. The quantitative estimate of drug-likeness (QED) is 0.596. The Bertz CT molecular complexity index is 493. The van der Waals surface area contributed by atoms with E-state index < -0.39 is 0 Å². The molecule has 0 atom stereocenters. The molecule has 0 radical (unpaired) electrons. The van der Waals surface area contributed by atoms with Crippen molar-refractivity contribution in [3.05, 3.63) is 38.4 Å². The minimum Gasteiger partial charge on any atom is -0.278 e. The number of hydrogen-bond donors (Lipinski definition) is 1. The summed E-state index contributed by atoms with van der Waals surface area (Å²) in [5.74, 6) is 0. The first-order chi connectivity index (χ1) is 7.11. The summed E-state index contributed by atoms with van der Waals surface area (Å²) in [6, 6.07) is 3.30. The van der Waals surface area contributed by atoms with Crippen LogP contribution < -0.4 is 0 Å². The Morgan fingerprint density at radius 1 is 1.00 bits per heavy atom. The van der Waals surface area contributed by atoms with Crippen LogP contribution in [0.3, 0.4) is 0 Å². The van der Waals surface area contributed by atoms with E-state index in [1.165, 1.54) is 0 Å². The third-order valence-electron chi connectivity index (χ3n) is 1.88. The third-order valence-corrected chi connectivity index (χ3v) is 3.44. The molecule has 1 N–H and O–H groups in total. The average molecular weight is 282 g/mol. The molecule has 2 nitrogen and oxygen atoms in total. The normalized spacial score (nSPS) is 10.7. The number of halogens is 4. The van der Waals surface area contributed by atoms with Crippen molar-refractivity contribution in [1.82, 2.24) is 10.2 Å². The predicted molar refractivity (Wildman–Crippen MR) is 64.1 cm³/mol. The lowest BCUT2D eigenvalue weighted by molar-refractivity contribution is 1.10. The molecule has 0 aliphatic rings. The first-order valence-electron chi connectivity index (χ1n) is 3.94. The van der Waals surface area contributed by atoms with Crippen molar-refractivity contribution in [3.8, 4) is 11.3 Å². The van der Waals surface area contributed by atoms with Gasteiger partial charge in [-0.1, -0.05) is 46.4 Å². The van der Waals surface area contributed by atoms with Crippen LogP contribution >= 0.6 is 46.4 Å². The standard InChI is InChI=1S/C9H4Cl4N2/c10-4-3-5(11)8(12)9(13)7(4)6-1-2-14-15-6/h1-3H,(H,14,15). The summed E-state index contributed by atoms with van der Waals surface area (Å²) in [5.41, 5.74) is 1.30. The number of hydrogen-bond acceptors (Lipinski definition) is 1. The highest BCUT2D eigenvalue weighted by atomic mass is 35.5. The van der Waals surface area contributed by atoms with E-state index in [9.17, 15) is 0 Å². The summed E-state index contributed by atoms with van der Waals surface area (Å²) in [7, 11) is 0. The molecule has 0 unspecified atom stereocenters. The number of nitrogens with zero attached hydrogens (tertiary/aromatic N) is 1. The highest BCUT2D eigenvalue weighted by Crippen LogP contribution is 2.42. The smallest absolute Gasteiger partial charge is 0.0786 e. The first kappa shape index (κ1) is 11.1. The fourth-order valence-corrected chi connectivity index (χ4v) is 2.32. The van der Waals surface area contributed by atoms with Crippen LogP contribution in [0.4, 0.5) is 0 Å². The summed E-state index contributed by atoms with van der Waals surface area (Å²) in [6.07, 6.45) is 1.60. The van der Waals surface area contributed by atoms with Crippen LogP contribution in [0.5, 0.6) is 0 Å². The highest BCUT2D eigenvalue weighted by Gasteiger charge is 2.15. The minimum atomic E-state index is 0.285. The minimum absolute atomic E-state index is 0.285. The molecule has 15 heavy (non-hydrogen) atoms. The third kappa shape index (κ3) is 1.95. The topological polar surface area (TPSA) is 28.7 Å². The molecule has 1 heterocycles. The summed E-state index contributed by atoms with van der Waals surface area (Å²) in [5, 5.41) is 7.94. The van der Waals surface area contributed by atoms with Crippen LogP contribution in [0.25, 0.3) is 11.3 Å². The second kappa shape index (κ2) is 4.22. The molecule has 0 saturated heterocycles. The molecular formula is C9H4Cl4N2. The zero-order valence-electron chi connectivity index (χ0n) is 7.19. The van der Waals surface area contributed by atoms with Gasteiger partial charge in [0.25, 0.3) is 0 Å². The maximum atomic E-state index is 6.05. The van der Waals surface area contributed by atoms with Crippen LogP contribution in [0.1, 0.15) is 0 Å². The molecule has 2 rings (SSSR count). The van der Waals surface area contributed by atoms with Gasteiger partial charge in [0.1, 0.15) is 0 Å². The van der Waals surface area contributed by atoms with Gasteiger partial charge in [0.2, 0.25) is 0 Å². The van der Waals surface area contributed by atoms with Crippen LogP contribution in [-0.4, -0.2) is 10.2 Å². The largest absolute Gasteiger partial charge is 0.278 e. The number of nitrogens with one attached hydrogen (secondary N) is 1. The van der Waals surface area contributed by atoms with Crippen molar-refractivity contribution in [2.24, 2.45) is 0 Å². The van der Waals surface area contributed by atoms with Gasteiger partial charge in [0, 0.05) is 11.8 Å². The molecule has 0 saturated carbocycles. The SMILES string of the molecule is Clc1cc(Cl)c(-c2ccn[nH]2)c(Cl)c1Cl. The Morgan fingerprint density at radius 3 is 2.33 bits per heavy atom. The Morgan fingerprint density at radius 2 is 1.73 bits per heavy atom. The van der Waals surface area contributed by atoms with Gasteiger partial charge < -0.3 is 0 Å². The molecule has 2 aromatic rings. The number of H-pyrrole nitrogens is 1. The maximum absolute atomic E-state index is 6.05. The van der Waals surface area contributed by atoms with Crippen LogP contribution in [0.2, 0.25) is 20.1 Å². The lowest BCUT2D eigenvalue weighted by atomic mass is 10.1. The summed E-state index contributed by atoms with van der Waals surface area (Å²) in [4.78, 5) is 0. The predicted octanol–water partition coefficient (Wildman–Crippen LogP) is 4.69. The van der Waals surface area contributed by atoms with Crippen molar-refractivity contribution in [2.45, 2.75) is 0 Å². The van der Waals surface area contributed by atoms with Gasteiger partial charge in [-0.15, -0.1) is 0 Å². The van der Waals surface area contributed by atoms with E-state index in [0.29, 0.717) is 26.3 Å². The van der Waals surface area contributed by atoms with Crippen LogP contribution in [0.15, 0.2) is 18.3 Å². The number of benzene rings is 1. The van der Waals surface area contributed by atoms with E-state index in [0.717, 1.165) is 0 Å². The van der Waals surface area contributed by atoms with Crippen molar-refractivity contribution in [1.29, 1.82) is 0 Å². The second-order valence-electron chi connectivity index (χ2n) is 2.81. The van der Waals surface area contributed by atoms with Gasteiger partial charge >= 0.3 is 0 Å². The van der Waals surface area contributed by atoms with Crippen molar-refractivity contribution in [3.63, 3.8) is 0 Å². The zero-order chi connectivity index (χ0) is 11.0. The average Bonchev–Trinajstić information content (AvgIpc) is 2.68. The van der Waals surface area contributed by atoms with Gasteiger partial charge in [-0.25, -0.2) is 0 Å². The summed E-state index contributed by atoms with van der Waals surface area (Å²) < 4.78 is 0. The Kier molecular flexibility index (Phi) is 3.12. The van der Waals surface area contributed by atoms with Crippen molar-refractivity contribution in [2.75, 3.05) is 0 Å². The Hall–Kier alpha value is -0.410. The highest BCUT2D eigenvalue weighted by molar-refractivity contribution is 6.51. The number of aromatic amines is 1.